The molecule has 0 unspecified atom stereocenters. The van der Waals surface area contributed by atoms with E-state index in [9.17, 15) is 0 Å². The Morgan fingerprint density at radius 1 is 0.309 bits per heavy atom. The van der Waals surface area contributed by atoms with Crippen LogP contribution in [0.2, 0.25) is 0 Å². The van der Waals surface area contributed by atoms with Crippen molar-refractivity contribution in [3.8, 4) is 33.7 Å². The summed E-state index contributed by atoms with van der Waals surface area (Å²) in [5.41, 5.74) is 13.6. The second-order valence-corrected chi connectivity index (χ2v) is 18.3. The zero-order chi connectivity index (χ0) is 45.0. The van der Waals surface area contributed by atoms with Gasteiger partial charge in [0.2, 0.25) is 5.89 Å². The Balaban J connectivity index is 0.907. The average molecular weight is 888 g/mol. The summed E-state index contributed by atoms with van der Waals surface area (Å²) in [5.74, 6) is 0.610. The Bertz CT molecular complexity index is 3960. The molecule has 0 saturated heterocycles. The first kappa shape index (κ1) is 39.6. The van der Waals surface area contributed by atoms with E-state index in [1.165, 1.54) is 58.6 Å². The smallest absolute Gasteiger partial charge is 0.227 e. The lowest BCUT2D eigenvalue weighted by Gasteiger charge is -2.27. The van der Waals surface area contributed by atoms with E-state index in [1.54, 1.807) is 0 Å². The van der Waals surface area contributed by atoms with Crippen molar-refractivity contribution in [1.82, 2.24) is 4.98 Å². The molecule has 0 N–H and O–H groups in total. The van der Waals surface area contributed by atoms with E-state index >= 15 is 0 Å². The molecule has 0 fully saturated rings. The summed E-state index contributed by atoms with van der Waals surface area (Å²) in [6.45, 7) is 0. The van der Waals surface area contributed by atoms with Gasteiger partial charge >= 0.3 is 0 Å². The number of anilines is 6. The van der Waals surface area contributed by atoms with E-state index in [2.05, 4.69) is 228 Å². The molecule has 0 aliphatic heterocycles. The standard InChI is InChI=1S/C63H41N3OS/c1-4-12-42(13-5-1)44-22-26-49(27-23-44)65(53-33-37-62-58(40-53)57-18-10-11-19-61(57)68-62)51-30-34-55-47(38-51)20-21-48-39-52(31-35-56(48)55)66(50-28-24-45(25-29-50)43-14-6-2-7-15-43)54-32-36-59-60(41-54)67-63(64-59)46-16-8-3-9-17-46/h1-41H. The monoisotopic (exact) mass is 887 g/mol. The lowest BCUT2D eigenvalue weighted by molar-refractivity contribution is 0.620. The molecule has 0 atom stereocenters. The molecule has 0 radical (unpaired) electrons. The van der Waals surface area contributed by atoms with E-state index in [4.69, 9.17) is 9.40 Å². The third kappa shape index (κ3) is 7.14. The molecule has 13 rings (SSSR count). The lowest BCUT2D eigenvalue weighted by atomic mass is 9.99. The van der Waals surface area contributed by atoms with Crippen molar-refractivity contribution in [3.05, 3.63) is 249 Å². The molecule has 0 bridgehead atoms. The average Bonchev–Trinajstić information content (AvgIpc) is 4.01. The van der Waals surface area contributed by atoms with E-state index in [-0.39, 0.29) is 0 Å². The number of fused-ring (bicyclic) bond motifs is 7. The van der Waals surface area contributed by atoms with Crippen molar-refractivity contribution in [3.63, 3.8) is 0 Å². The van der Waals surface area contributed by atoms with Crippen LogP contribution in [0.15, 0.2) is 253 Å². The van der Waals surface area contributed by atoms with Crippen molar-refractivity contribution >= 4 is 98.3 Å². The summed E-state index contributed by atoms with van der Waals surface area (Å²) in [6.07, 6.45) is 0. The SMILES string of the molecule is c1ccc(-c2ccc(N(c3ccc4c(ccc5cc(N(c6ccc(-c7ccccc7)cc6)c6ccc7sc8ccccc8c7c6)ccc54)c3)c3ccc4nc(-c5ccccc5)oc4c3)cc2)cc1. The molecule has 11 aromatic carbocycles. The molecule has 13 aromatic rings. The highest BCUT2D eigenvalue weighted by atomic mass is 32.1. The van der Waals surface area contributed by atoms with E-state index < -0.39 is 0 Å². The molecule has 0 aliphatic rings. The molecule has 0 amide bonds. The molecule has 0 aliphatic carbocycles. The molecule has 5 heteroatoms. The van der Waals surface area contributed by atoms with Gasteiger partial charge in [0.05, 0.1) is 0 Å². The van der Waals surface area contributed by atoms with Crippen LogP contribution in [-0.4, -0.2) is 4.98 Å². The highest BCUT2D eigenvalue weighted by molar-refractivity contribution is 7.25. The molecule has 4 nitrogen and oxygen atoms in total. The number of aromatic nitrogens is 1. The summed E-state index contributed by atoms with van der Waals surface area (Å²) < 4.78 is 9.00. The van der Waals surface area contributed by atoms with Gasteiger partial charge in [-0.2, -0.15) is 0 Å². The van der Waals surface area contributed by atoms with Gasteiger partial charge in [0.15, 0.2) is 5.58 Å². The van der Waals surface area contributed by atoms with Crippen LogP contribution < -0.4 is 9.80 Å². The molecule has 320 valence electrons. The Morgan fingerprint density at radius 2 is 0.750 bits per heavy atom. The minimum absolute atomic E-state index is 0.610. The summed E-state index contributed by atoms with van der Waals surface area (Å²) in [5, 5.41) is 7.29. The van der Waals surface area contributed by atoms with Crippen molar-refractivity contribution in [2.75, 3.05) is 9.80 Å². The Hall–Kier alpha value is -8.77. The largest absolute Gasteiger partial charge is 0.436 e. The predicted octanol–water partition coefficient (Wildman–Crippen LogP) is 18.4. The van der Waals surface area contributed by atoms with Crippen molar-refractivity contribution in [1.29, 1.82) is 0 Å². The summed E-state index contributed by atoms with van der Waals surface area (Å²) in [4.78, 5) is 9.54. The van der Waals surface area contributed by atoms with Gasteiger partial charge in [-0.05, 0) is 141 Å². The molecule has 2 aromatic heterocycles. The Labute approximate surface area is 397 Å². The normalized spacial score (nSPS) is 11.5. The van der Waals surface area contributed by atoms with Crippen molar-refractivity contribution in [2.24, 2.45) is 0 Å². The van der Waals surface area contributed by atoms with E-state index in [0.717, 1.165) is 56.2 Å². The molecule has 0 saturated carbocycles. The zero-order valence-electron chi connectivity index (χ0n) is 36.8. The maximum atomic E-state index is 6.41. The van der Waals surface area contributed by atoms with Gasteiger partial charge in [-0.15, -0.1) is 11.3 Å². The maximum Gasteiger partial charge on any atom is 0.227 e. The summed E-state index contributed by atoms with van der Waals surface area (Å²) in [7, 11) is 0. The quantitative estimate of drug-likeness (QED) is 0.135. The van der Waals surface area contributed by atoms with Crippen molar-refractivity contribution in [2.45, 2.75) is 0 Å². The van der Waals surface area contributed by atoms with Gasteiger partial charge in [-0.25, -0.2) is 4.98 Å². The van der Waals surface area contributed by atoms with Gasteiger partial charge < -0.3 is 14.2 Å². The highest BCUT2D eigenvalue weighted by Gasteiger charge is 2.19. The minimum Gasteiger partial charge on any atom is -0.436 e. The summed E-state index contributed by atoms with van der Waals surface area (Å²) in [6, 6.07) is 89.1. The molecule has 2 heterocycles. The molecular formula is C63H41N3OS. The number of thiophene rings is 1. The van der Waals surface area contributed by atoms with Crippen molar-refractivity contribution < 1.29 is 4.42 Å². The first-order valence-electron chi connectivity index (χ1n) is 22.9. The fraction of sp³-hybridized carbons (Fsp3) is 0. The van der Waals surface area contributed by atoms with E-state index in [1.807, 2.05) is 41.7 Å². The van der Waals surface area contributed by atoms with Crippen LogP contribution in [0.25, 0.3) is 86.5 Å². The van der Waals surface area contributed by atoms with Crippen LogP contribution in [0.1, 0.15) is 0 Å². The number of nitrogens with zero attached hydrogens (tertiary/aromatic N) is 3. The Morgan fingerprint density at radius 3 is 1.34 bits per heavy atom. The predicted molar refractivity (Wildman–Crippen MR) is 288 cm³/mol. The Kier molecular flexibility index (Phi) is 9.66. The zero-order valence-corrected chi connectivity index (χ0v) is 37.6. The third-order valence-electron chi connectivity index (χ3n) is 13.1. The van der Waals surface area contributed by atoms with Gasteiger partial charge in [0.25, 0.3) is 0 Å². The molecule has 0 spiro atoms. The van der Waals surface area contributed by atoms with Crippen LogP contribution in [0.3, 0.4) is 0 Å². The number of oxazole rings is 1. The maximum absolute atomic E-state index is 6.41. The number of hydrogen-bond acceptors (Lipinski definition) is 5. The molecule has 68 heavy (non-hydrogen) atoms. The summed E-state index contributed by atoms with van der Waals surface area (Å²) >= 11 is 1.85. The highest BCUT2D eigenvalue weighted by Crippen LogP contribution is 2.44. The minimum atomic E-state index is 0.610. The molecular weight excluding hydrogens is 847 g/mol. The van der Waals surface area contributed by atoms with Gasteiger partial charge in [0.1, 0.15) is 5.52 Å². The fourth-order valence-electron chi connectivity index (χ4n) is 9.70. The number of rotatable bonds is 9. The number of benzene rings is 11. The second-order valence-electron chi connectivity index (χ2n) is 17.2. The third-order valence-corrected chi connectivity index (χ3v) is 14.2. The van der Waals surface area contributed by atoms with Gasteiger partial charge in [-0.3, -0.25) is 0 Å². The fourth-order valence-corrected chi connectivity index (χ4v) is 10.8. The van der Waals surface area contributed by atoms with Gasteiger partial charge in [-0.1, -0.05) is 146 Å². The second kappa shape index (κ2) is 16.6. The van der Waals surface area contributed by atoms with Crippen LogP contribution in [0.4, 0.5) is 34.1 Å². The van der Waals surface area contributed by atoms with Crippen LogP contribution in [-0.2, 0) is 0 Å². The van der Waals surface area contributed by atoms with Crippen LogP contribution in [0, 0.1) is 0 Å². The van der Waals surface area contributed by atoms with E-state index in [0.29, 0.717) is 5.89 Å². The first-order chi connectivity index (χ1) is 33.7. The topological polar surface area (TPSA) is 32.5 Å². The number of hydrogen-bond donors (Lipinski definition) is 0. The lowest BCUT2D eigenvalue weighted by Crippen LogP contribution is -2.10. The van der Waals surface area contributed by atoms with Crippen LogP contribution in [0.5, 0.6) is 0 Å². The van der Waals surface area contributed by atoms with Crippen LogP contribution >= 0.6 is 11.3 Å². The van der Waals surface area contributed by atoms with Gasteiger partial charge in [0, 0.05) is 65.9 Å². The first-order valence-corrected chi connectivity index (χ1v) is 23.7.